The molecule has 1 aromatic heterocycles. The van der Waals surface area contributed by atoms with Gasteiger partial charge < -0.3 is 4.74 Å². The third-order valence-electron chi connectivity index (χ3n) is 3.58. The number of ether oxygens (including phenoxy) is 1. The summed E-state index contributed by atoms with van der Waals surface area (Å²) in [5, 5.41) is 0. The van der Waals surface area contributed by atoms with Crippen LogP contribution in [0.2, 0.25) is 0 Å². The maximum Gasteiger partial charge on any atom is 0.336 e. The monoisotopic (exact) mass is 340 g/mol. The third kappa shape index (κ3) is 5.82. The van der Waals surface area contributed by atoms with E-state index in [4.69, 9.17) is 4.74 Å². The second-order valence-electron chi connectivity index (χ2n) is 5.55. The predicted octanol–water partition coefficient (Wildman–Crippen LogP) is 6.19. The molecule has 126 valence electrons. The van der Waals surface area contributed by atoms with E-state index >= 15 is 0 Å². The van der Waals surface area contributed by atoms with E-state index in [0.717, 1.165) is 12.0 Å². The molecule has 0 aliphatic carbocycles. The van der Waals surface area contributed by atoms with Crippen LogP contribution in [0.15, 0.2) is 60.7 Å². The number of hydrogen-bond acceptors (Lipinski definition) is 3. The number of carbonyl (C=O) groups is 1. The zero-order valence-electron chi connectivity index (χ0n) is 14.3. The van der Waals surface area contributed by atoms with Crippen LogP contribution in [0, 0.1) is 0 Å². The lowest BCUT2D eigenvalue weighted by atomic mass is 10.1. The quantitative estimate of drug-likeness (QED) is 0.188. The lowest BCUT2D eigenvalue weighted by Gasteiger charge is -2.02. The summed E-state index contributed by atoms with van der Waals surface area (Å²) in [5.74, 6) is 0.198. The Bertz CT molecular complexity index is 693. The van der Waals surface area contributed by atoms with Crippen LogP contribution >= 0.6 is 11.3 Å². The molecule has 2 aromatic rings. The van der Waals surface area contributed by atoms with Crippen LogP contribution in [0.1, 0.15) is 38.0 Å². The van der Waals surface area contributed by atoms with E-state index in [9.17, 15) is 4.79 Å². The van der Waals surface area contributed by atoms with Crippen molar-refractivity contribution in [3.05, 3.63) is 65.6 Å². The molecule has 0 radical (unpaired) electrons. The van der Waals surface area contributed by atoms with Crippen molar-refractivity contribution in [1.82, 2.24) is 0 Å². The van der Waals surface area contributed by atoms with Crippen molar-refractivity contribution in [1.29, 1.82) is 0 Å². The van der Waals surface area contributed by atoms with Gasteiger partial charge in [-0.05, 0) is 61.7 Å². The van der Waals surface area contributed by atoms with E-state index in [1.807, 2.05) is 48.6 Å². The number of hydrogen-bond donors (Lipinski definition) is 0. The molecule has 0 aliphatic heterocycles. The Morgan fingerprint density at radius 1 is 1.08 bits per heavy atom. The standard InChI is InChI=1S/C21H24O2S/c1-3-5-7-9-19-15-16-20(24-19)17-11-13-18(14-12-17)23-21(22)10-8-6-4-2/h4,6,8,10-16H,3,5,7,9H2,1-2H3/b6-4+,10-8+. The van der Waals surface area contributed by atoms with Crippen LogP contribution in [-0.2, 0) is 11.2 Å². The largest absolute Gasteiger partial charge is 0.423 e. The summed E-state index contributed by atoms with van der Waals surface area (Å²) in [6, 6.07) is 12.1. The van der Waals surface area contributed by atoms with Gasteiger partial charge in [0.2, 0.25) is 0 Å². The molecular weight excluding hydrogens is 316 g/mol. The van der Waals surface area contributed by atoms with Gasteiger partial charge in [-0.25, -0.2) is 4.79 Å². The number of allylic oxidation sites excluding steroid dienone is 3. The predicted molar refractivity (Wildman–Crippen MR) is 103 cm³/mol. The highest BCUT2D eigenvalue weighted by Gasteiger charge is 2.05. The molecule has 0 N–H and O–H groups in total. The van der Waals surface area contributed by atoms with E-state index in [1.165, 1.54) is 35.1 Å². The summed E-state index contributed by atoms with van der Waals surface area (Å²) in [5.41, 5.74) is 1.16. The molecule has 0 saturated heterocycles. The fourth-order valence-electron chi connectivity index (χ4n) is 2.30. The fourth-order valence-corrected chi connectivity index (χ4v) is 3.35. The van der Waals surface area contributed by atoms with Crippen LogP contribution in [-0.4, -0.2) is 5.97 Å². The molecule has 0 saturated carbocycles. The summed E-state index contributed by atoms with van der Waals surface area (Å²) in [6.45, 7) is 4.12. The molecule has 2 rings (SSSR count). The van der Waals surface area contributed by atoms with Gasteiger partial charge in [-0.3, -0.25) is 0 Å². The SMILES string of the molecule is C/C=C/C=C/C(=O)Oc1ccc(-c2ccc(CCCCC)s2)cc1. The molecule has 0 atom stereocenters. The van der Waals surface area contributed by atoms with Gasteiger partial charge in [-0.1, -0.05) is 38.0 Å². The number of carbonyl (C=O) groups excluding carboxylic acids is 1. The lowest BCUT2D eigenvalue weighted by Crippen LogP contribution is -2.03. The fraction of sp³-hybridized carbons (Fsp3) is 0.286. The Morgan fingerprint density at radius 3 is 2.58 bits per heavy atom. The zero-order valence-corrected chi connectivity index (χ0v) is 15.1. The van der Waals surface area contributed by atoms with Crippen LogP contribution in [0.25, 0.3) is 10.4 Å². The minimum Gasteiger partial charge on any atom is -0.423 e. The van der Waals surface area contributed by atoms with Gasteiger partial charge >= 0.3 is 5.97 Å². The molecular formula is C21H24O2S. The van der Waals surface area contributed by atoms with Crippen molar-refractivity contribution in [2.24, 2.45) is 0 Å². The molecule has 0 amide bonds. The molecule has 0 fully saturated rings. The van der Waals surface area contributed by atoms with Crippen molar-refractivity contribution in [2.75, 3.05) is 0 Å². The molecule has 24 heavy (non-hydrogen) atoms. The molecule has 0 aliphatic rings. The van der Waals surface area contributed by atoms with Crippen molar-refractivity contribution < 1.29 is 9.53 Å². The van der Waals surface area contributed by atoms with Crippen molar-refractivity contribution in [2.45, 2.75) is 39.5 Å². The first kappa shape index (κ1) is 18.2. The van der Waals surface area contributed by atoms with E-state index < -0.39 is 0 Å². The average molecular weight is 340 g/mol. The van der Waals surface area contributed by atoms with Gasteiger partial charge in [0.15, 0.2) is 0 Å². The molecule has 0 spiro atoms. The summed E-state index contributed by atoms with van der Waals surface area (Å²) in [6.07, 6.45) is 11.7. The Morgan fingerprint density at radius 2 is 1.88 bits per heavy atom. The normalized spacial score (nSPS) is 11.4. The summed E-state index contributed by atoms with van der Waals surface area (Å²) in [4.78, 5) is 14.3. The van der Waals surface area contributed by atoms with Crippen molar-refractivity contribution in [3.63, 3.8) is 0 Å². The second-order valence-corrected chi connectivity index (χ2v) is 6.72. The summed E-state index contributed by atoms with van der Waals surface area (Å²) < 4.78 is 5.27. The van der Waals surface area contributed by atoms with E-state index in [-0.39, 0.29) is 5.97 Å². The number of benzene rings is 1. The van der Waals surface area contributed by atoms with Crippen LogP contribution in [0.3, 0.4) is 0 Å². The van der Waals surface area contributed by atoms with E-state index in [0.29, 0.717) is 5.75 Å². The van der Waals surface area contributed by atoms with Gasteiger partial charge in [0.05, 0.1) is 0 Å². The molecule has 0 bridgehead atoms. The van der Waals surface area contributed by atoms with Crippen molar-refractivity contribution in [3.8, 4) is 16.2 Å². The smallest absolute Gasteiger partial charge is 0.336 e. The molecule has 1 aromatic carbocycles. The molecule has 1 heterocycles. The Hall–Kier alpha value is -2.13. The van der Waals surface area contributed by atoms with Gasteiger partial charge in [0.25, 0.3) is 0 Å². The minimum atomic E-state index is -0.366. The van der Waals surface area contributed by atoms with Gasteiger partial charge in [0.1, 0.15) is 5.75 Å². The Kier molecular flexibility index (Phi) is 7.50. The van der Waals surface area contributed by atoms with Crippen LogP contribution < -0.4 is 4.74 Å². The number of unbranched alkanes of at least 4 members (excludes halogenated alkanes) is 2. The average Bonchev–Trinajstić information content (AvgIpc) is 3.05. The summed E-state index contributed by atoms with van der Waals surface area (Å²) >= 11 is 1.84. The number of thiophene rings is 1. The van der Waals surface area contributed by atoms with Gasteiger partial charge in [-0.15, -0.1) is 11.3 Å². The second kappa shape index (κ2) is 9.89. The molecule has 2 nitrogen and oxygen atoms in total. The minimum absolute atomic E-state index is 0.366. The summed E-state index contributed by atoms with van der Waals surface area (Å²) in [7, 11) is 0. The Balaban J connectivity index is 1.95. The molecule has 0 unspecified atom stereocenters. The number of esters is 1. The highest BCUT2D eigenvalue weighted by atomic mass is 32.1. The van der Waals surface area contributed by atoms with Gasteiger partial charge in [-0.2, -0.15) is 0 Å². The third-order valence-corrected chi connectivity index (χ3v) is 4.78. The van der Waals surface area contributed by atoms with Crippen LogP contribution in [0.4, 0.5) is 0 Å². The topological polar surface area (TPSA) is 26.3 Å². The first-order chi connectivity index (χ1) is 11.7. The highest BCUT2D eigenvalue weighted by Crippen LogP contribution is 2.30. The van der Waals surface area contributed by atoms with Gasteiger partial charge in [0, 0.05) is 15.8 Å². The first-order valence-electron chi connectivity index (χ1n) is 8.43. The number of rotatable bonds is 8. The molecule has 3 heteroatoms. The first-order valence-corrected chi connectivity index (χ1v) is 9.25. The van der Waals surface area contributed by atoms with E-state index in [1.54, 1.807) is 12.2 Å². The Labute approximate surface area is 148 Å². The van der Waals surface area contributed by atoms with Crippen LogP contribution in [0.5, 0.6) is 5.75 Å². The number of aryl methyl sites for hydroxylation is 1. The lowest BCUT2D eigenvalue weighted by molar-refractivity contribution is -0.128. The zero-order chi connectivity index (χ0) is 17.2. The highest BCUT2D eigenvalue weighted by molar-refractivity contribution is 7.15. The maximum absolute atomic E-state index is 11.6. The van der Waals surface area contributed by atoms with E-state index in [2.05, 4.69) is 19.1 Å². The van der Waals surface area contributed by atoms with Crippen molar-refractivity contribution >= 4 is 17.3 Å². The maximum atomic E-state index is 11.6.